The van der Waals surface area contributed by atoms with Crippen molar-refractivity contribution in [3.8, 4) is 11.1 Å². The van der Waals surface area contributed by atoms with Gasteiger partial charge in [-0.3, -0.25) is 9.59 Å². The van der Waals surface area contributed by atoms with Crippen LogP contribution in [0.2, 0.25) is 0 Å². The minimum atomic E-state index is -0.412. The third-order valence-electron chi connectivity index (χ3n) is 6.27. The second-order valence-corrected chi connectivity index (χ2v) is 8.95. The first-order chi connectivity index (χ1) is 17.4. The van der Waals surface area contributed by atoms with E-state index in [4.69, 9.17) is 4.42 Å². The molecule has 0 amide bonds. The maximum atomic E-state index is 13.2. The second-order valence-electron chi connectivity index (χ2n) is 8.95. The number of unbranched alkanes of at least 4 members (excludes halogenated alkanes) is 1. The van der Waals surface area contributed by atoms with Crippen LogP contribution in [-0.2, 0) is 16.0 Å². The molecule has 1 heterocycles. The number of furan rings is 1. The van der Waals surface area contributed by atoms with E-state index in [9.17, 15) is 9.59 Å². The number of carbonyl (C=O) groups excluding carboxylic acids is 2. The first kappa shape index (κ1) is 28.8. The Morgan fingerprint density at radius 2 is 1.44 bits per heavy atom. The molecule has 1 aromatic heterocycles. The molecule has 1 unspecified atom stereocenters. The van der Waals surface area contributed by atoms with E-state index in [1.807, 2.05) is 69.3 Å². The van der Waals surface area contributed by atoms with Gasteiger partial charge in [0.15, 0.2) is 11.6 Å². The lowest BCUT2D eigenvalue weighted by molar-refractivity contribution is -0.115. The van der Waals surface area contributed by atoms with Crippen LogP contribution >= 0.6 is 0 Å². The Balaban J connectivity index is 0.00000106. The molecular formula is C33H40O3. The fourth-order valence-corrected chi connectivity index (χ4v) is 4.18. The molecule has 0 saturated carbocycles. The lowest BCUT2D eigenvalue weighted by Gasteiger charge is -2.24. The monoisotopic (exact) mass is 484 g/mol. The maximum absolute atomic E-state index is 13.2. The molecule has 3 nitrogen and oxygen atoms in total. The smallest absolute Gasteiger partial charge is 0.159 e. The maximum Gasteiger partial charge on any atom is 0.159 e. The normalized spacial score (nSPS) is 12.8. The number of hydrogen-bond donors (Lipinski definition) is 0. The average molecular weight is 485 g/mol. The van der Waals surface area contributed by atoms with Crippen LogP contribution in [0.15, 0.2) is 100 Å². The summed E-state index contributed by atoms with van der Waals surface area (Å²) in [5, 5.41) is 0. The summed E-state index contributed by atoms with van der Waals surface area (Å²) >= 11 is 0. The van der Waals surface area contributed by atoms with E-state index in [0.717, 1.165) is 28.0 Å². The minimum absolute atomic E-state index is 0.0307. The number of hydrogen-bond acceptors (Lipinski definition) is 3. The Kier molecular flexibility index (Phi) is 11.9. The van der Waals surface area contributed by atoms with Crippen LogP contribution < -0.4 is 0 Å². The van der Waals surface area contributed by atoms with Crippen LogP contribution in [0, 0.1) is 0 Å². The third kappa shape index (κ3) is 7.78. The van der Waals surface area contributed by atoms with Gasteiger partial charge in [0.25, 0.3) is 0 Å². The van der Waals surface area contributed by atoms with Crippen molar-refractivity contribution in [2.75, 3.05) is 0 Å². The van der Waals surface area contributed by atoms with Gasteiger partial charge in [0.05, 0.1) is 6.26 Å². The molecule has 3 rings (SSSR count). The molecule has 0 aliphatic heterocycles. The summed E-state index contributed by atoms with van der Waals surface area (Å²) in [4.78, 5) is 25.8. The van der Waals surface area contributed by atoms with Crippen LogP contribution in [0.1, 0.15) is 78.0 Å². The molecule has 190 valence electrons. The fraction of sp³-hybridized carbons (Fsp3) is 0.333. The molecule has 0 N–H and O–H groups in total. The largest absolute Gasteiger partial charge is 0.469 e. The Morgan fingerprint density at radius 1 is 0.833 bits per heavy atom. The highest BCUT2D eigenvalue weighted by Gasteiger charge is 2.29. The van der Waals surface area contributed by atoms with E-state index in [2.05, 4.69) is 38.1 Å². The van der Waals surface area contributed by atoms with Gasteiger partial charge in [-0.15, -0.1) is 0 Å². The highest BCUT2D eigenvalue weighted by Crippen LogP contribution is 2.37. The van der Waals surface area contributed by atoms with Crippen molar-refractivity contribution < 1.29 is 14.0 Å². The van der Waals surface area contributed by atoms with Crippen molar-refractivity contribution in [2.24, 2.45) is 0 Å². The Morgan fingerprint density at radius 3 is 1.92 bits per heavy atom. The molecule has 1 atom stereocenters. The summed E-state index contributed by atoms with van der Waals surface area (Å²) in [6, 6.07) is 22.1. The number of carbonyl (C=O) groups is 2. The minimum Gasteiger partial charge on any atom is -0.469 e. The fourth-order valence-electron chi connectivity index (χ4n) is 4.18. The lowest BCUT2D eigenvalue weighted by Crippen LogP contribution is -2.19. The van der Waals surface area contributed by atoms with Gasteiger partial charge in [0.1, 0.15) is 5.76 Å². The summed E-state index contributed by atoms with van der Waals surface area (Å²) in [6.07, 6.45) is 7.01. The number of Topliss-reactive ketones (excluding diaryl/α,β-unsaturated/α-hetero) is 2. The van der Waals surface area contributed by atoms with Crippen molar-refractivity contribution in [3.05, 3.63) is 107 Å². The quantitative estimate of drug-likeness (QED) is 0.270. The Labute approximate surface area is 216 Å². The van der Waals surface area contributed by atoms with E-state index < -0.39 is 5.92 Å². The molecule has 0 saturated heterocycles. The van der Waals surface area contributed by atoms with E-state index in [0.29, 0.717) is 24.0 Å². The van der Waals surface area contributed by atoms with Crippen molar-refractivity contribution in [1.29, 1.82) is 0 Å². The molecule has 36 heavy (non-hydrogen) atoms. The second kappa shape index (κ2) is 14.8. The van der Waals surface area contributed by atoms with Crippen LogP contribution in [0.25, 0.3) is 11.1 Å². The van der Waals surface area contributed by atoms with E-state index in [1.54, 1.807) is 13.2 Å². The van der Waals surface area contributed by atoms with E-state index >= 15 is 0 Å². The molecule has 0 aliphatic rings. The van der Waals surface area contributed by atoms with Crippen molar-refractivity contribution in [1.82, 2.24) is 0 Å². The summed E-state index contributed by atoms with van der Waals surface area (Å²) in [7, 11) is 0. The van der Waals surface area contributed by atoms with Gasteiger partial charge in [-0.05, 0) is 49.6 Å². The van der Waals surface area contributed by atoms with Crippen molar-refractivity contribution in [2.45, 2.75) is 73.1 Å². The predicted octanol–water partition coefficient (Wildman–Crippen LogP) is 8.91. The number of benzene rings is 2. The summed E-state index contributed by atoms with van der Waals surface area (Å²) in [5.74, 6) is 0.403. The zero-order valence-corrected chi connectivity index (χ0v) is 22.6. The number of rotatable bonds is 10. The van der Waals surface area contributed by atoms with E-state index in [-0.39, 0.29) is 11.6 Å². The van der Waals surface area contributed by atoms with Crippen molar-refractivity contribution in [3.63, 3.8) is 0 Å². The summed E-state index contributed by atoms with van der Waals surface area (Å²) in [5.41, 5.74) is 5.39. The molecule has 0 fully saturated rings. The topological polar surface area (TPSA) is 47.3 Å². The zero-order chi connectivity index (χ0) is 26.5. The summed E-state index contributed by atoms with van der Waals surface area (Å²) < 4.78 is 5.53. The van der Waals surface area contributed by atoms with Gasteiger partial charge in [0, 0.05) is 29.9 Å². The van der Waals surface area contributed by atoms with Gasteiger partial charge in [-0.2, -0.15) is 0 Å². The van der Waals surface area contributed by atoms with Gasteiger partial charge in [-0.1, -0.05) is 99.9 Å². The van der Waals surface area contributed by atoms with Crippen LogP contribution in [-0.4, -0.2) is 11.6 Å². The molecule has 2 aromatic carbocycles. The average Bonchev–Trinajstić information content (AvgIpc) is 3.41. The van der Waals surface area contributed by atoms with Crippen LogP contribution in [0.3, 0.4) is 0 Å². The highest BCUT2D eigenvalue weighted by molar-refractivity contribution is 6.03. The molecule has 0 radical (unpaired) electrons. The first-order valence-corrected chi connectivity index (χ1v) is 12.9. The molecule has 0 spiro atoms. The molecular weight excluding hydrogens is 444 g/mol. The third-order valence-corrected chi connectivity index (χ3v) is 6.27. The number of ketones is 2. The SMILES string of the molecule is C/C=C(\C(C)=O)C(/C(C(=O)CC)=C(\C)Cc1ccco1)c1ccc(-c2ccccc2)cc1.CCCC. The van der Waals surface area contributed by atoms with Crippen LogP contribution in [0.4, 0.5) is 0 Å². The van der Waals surface area contributed by atoms with Gasteiger partial charge >= 0.3 is 0 Å². The lowest BCUT2D eigenvalue weighted by atomic mass is 9.77. The molecule has 0 bridgehead atoms. The Hall–Kier alpha value is -3.46. The van der Waals surface area contributed by atoms with Gasteiger partial charge < -0.3 is 4.42 Å². The first-order valence-electron chi connectivity index (χ1n) is 12.9. The molecule has 0 aliphatic carbocycles. The van der Waals surface area contributed by atoms with Gasteiger partial charge in [-0.25, -0.2) is 0 Å². The number of allylic oxidation sites excluding steroid dienone is 4. The van der Waals surface area contributed by atoms with Crippen molar-refractivity contribution >= 4 is 11.6 Å². The predicted molar refractivity (Wildman–Crippen MR) is 150 cm³/mol. The zero-order valence-electron chi connectivity index (χ0n) is 22.6. The summed E-state index contributed by atoms with van der Waals surface area (Å²) in [6.45, 7) is 11.6. The molecule has 3 aromatic rings. The standard InChI is InChI=1S/C29H30O3.C4H10/c1-5-26(21(4)30)29(24-16-14-23(15-17-24)22-11-8-7-9-12-22)28(27(31)6-2)20(3)19-25-13-10-18-32-25;1-3-4-2/h5,7-18,29H,6,19H2,1-4H3;3-4H2,1-2H3/b26-5+,28-20+;. The highest BCUT2D eigenvalue weighted by atomic mass is 16.3. The van der Waals surface area contributed by atoms with E-state index in [1.165, 1.54) is 12.8 Å². The molecule has 3 heteroatoms. The van der Waals surface area contributed by atoms with Crippen LogP contribution in [0.5, 0.6) is 0 Å². The van der Waals surface area contributed by atoms with Gasteiger partial charge in [0.2, 0.25) is 0 Å². The Bertz CT molecular complexity index is 1150.